The Morgan fingerprint density at radius 2 is 1.88 bits per heavy atom. The van der Waals surface area contributed by atoms with Crippen molar-refractivity contribution < 1.29 is 18.7 Å². The number of methoxy groups -OCH3 is 1. The Balaban J connectivity index is 1.92. The van der Waals surface area contributed by atoms with Crippen LogP contribution in [0.15, 0.2) is 40.8 Å². The van der Waals surface area contributed by atoms with Gasteiger partial charge in [0.2, 0.25) is 0 Å². The van der Waals surface area contributed by atoms with Crippen LogP contribution in [0.3, 0.4) is 0 Å². The summed E-state index contributed by atoms with van der Waals surface area (Å²) in [5, 5.41) is 1.72. The predicted molar refractivity (Wildman–Crippen MR) is 93.1 cm³/mol. The van der Waals surface area contributed by atoms with E-state index in [1.807, 2.05) is 0 Å². The summed E-state index contributed by atoms with van der Waals surface area (Å²) in [4.78, 5) is 11.9. The van der Waals surface area contributed by atoms with Crippen LogP contribution in [0.25, 0.3) is 11.0 Å². The van der Waals surface area contributed by atoms with Crippen molar-refractivity contribution in [3.8, 4) is 5.75 Å². The van der Waals surface area contributed by atoms with Gasteiger partial charge in [-0.15, -0.1) is 0 Å². The largest absolute Gasteiger partial charge is 0.489 e. The highest BCUT2D eigenvalue weighted by atomic mass is 35.5. The van der Waals surface area contributed by atoms with Gasteiger partial charge in [-0.25, -0.2) is 4.79 Å². The second kappa shape index (κ2) is 6.75. The van der Waals surface area contributed by atoms with E-state index in [-0.39, 0.29) is 6.61 Å². The molecule has 0 N–H and O–H groups in total. The van der Waals surface area contributed by atoms with Crippen molar-refractivity contribution in [2.75, 3.05) is 7.11 Å². The van der Waals surface area contributed by atoms with E-state index in [2.05, 4.69) is 0 Å². The number of esters is 1. The van der Waals surface area contributed by atoms with Crippen LogP contribution in [0.1, 0.15) is 21.7 Å². The van der Waals surface area contributed by atoms with Gasteiger partial charge in [0, 0.05) is 21.0 Å². The van der Waals surface area contributed by atoms with Gasteiger partial charge in [-0.1, -0.05) is 29.3 Å². The van der Waals surface area contributed by atoms with E-state index in [0.29, 0.717) is 43.7 Å². The van der Waals surface area contributed by atoms with E-state index in [1.54, 1.807) is 43.3 Å². The lowest BCUT2D eigenvalue weighted by atomic mass is 10.1. The number of furan rings is 1. The molecule has 4 nitrogen and oxygen atoms in total. The molecule has 0 aliphatic heterocycles. The second-order valence-electron chi connectivity index (χ2n) is 5.17. The summed E-state index contributed by atoms with van der Waals surface area (Å²) >= 11 is 12.3. The van der Waals surface area contributed by atoms with Crippen LogP contribution in [-0.2, 0) is 11.3 Å². The Morgan fingerprint density at radius 3 is 2.54 bits per heavy atom. The molecule has 3 rings (SSSR count). The van der Waals surface area contributed by atoms with Crippen molar-refractivity contribution in [3.63, 3.8) is 0 Å². The standard InChI is InChI=1S/C18H14Cl2O4/c1-10-17(18(21)22-2)12-8-11(6-7-16(12)24-10)23-9-13-14(19)4-3-5-15(13)20/h3-8H,9H2,1-2H3. The summed E-state index contributed by atoms with van der Waals surface area (Å²) in [5.41, 5.74) is 1.70. The highest BCUT2D eigenvalue weighted by molar-refractivity contribution is 6.35. The molecule has 0 unspecified atom stereocenters. The molecule has 24 heavy (non-hydrogen) atoms. The molecule has 0 atom stereocenters. The van der Waals surface area contributed by atoms with Gasteiger partial charge in [0.05, 0.1) is 7.11 Å². The fourth-order valence-corrected chi connectivity index (χ4v) is 2.98. The molecular weight excluding hydrogens is 351 g/mol. The normalized spacial score (nSPS) is 10.8. The first-order valence-electron chi connectivity index (χ1n) is 7.18. The van der Waals surface area contributed by atoms with Crippen LogP contribution in [-0.4, -0.2) is 13.1 Å². The molecule has 0 saturated heterocycles. The van der Waals surface area contributed by atoms with Crippen molar-refractivity contribution in [2.24, 2.45) is 0 Å². The molecule has 0 aliphatic carbocycles. The number of rotatable bonds is 4. The number of halogens is 2. The summed E-state index contributed by atoms with van der Waals surface area (Å²) < 4.78 is 16.2. The van der Waals surface area contributed by atoms with Gasteiger partial charge >= 0.3 is 5.97 Å². The van der Waals surface area contributed by atoms with Crippen molar-refractivity contribution in [2.45, 2.75) is 13.5 Å². The predicted octanol–water partition coefficient (Wildman–Crippen LogP) is 5.41. The Hall–Kier alpha value is -2.17. The minimum Gasteiger partial charge on any atom is -0.489 e. The highest BCUT2D eigenvalue weighted by Crippen LogP contribution is 2.31. The average Bonchev–Trinajstić information content (AvgIpc) is 2.89. The van der Waals surface area contributed by atoms with Gasteiger partial charge < -0.3 is 13.9 Å². The first kappa shape index (κ1) is 16.7. The van der Waals surface area contributed by atoms with Crippen LogP contribution in [0, 0.1) is 6.92 Å². The fourth-order valence-electron chi connectivity index (χ4n) is 2.47. The Labute approximate surface area is 148 Å². The van der Waals surface area contributed by atoms with Crippen molar-refractivity contribution in [1.29, 1.82) is 0 Å². The van der Waals surface area contributed by atoms with Crippen molar-refractivity contribution in [3.05, 3.63) is 63.3 Å². The summed E-state index contributed by atoms with van der Waals surface area (Å²) in [6.45, 7) is 1.94. The van der Waals surface area contributed by atoms with Crippen LogP contribution in [0.4, 0.5) is 0 Å². The Kier molecular flexibility index (Phi) is 4.69. The lowest BCUT2D eigenvalue weighted by molar-refractivity contribution is 0.0601. The second-order valence-corrected chi connectivity index (χ2v) is 5.99. The smallest absolute Gasteiger partial charge is 0.342 e. The number of hydrogen-bond acceptors (Lipinski definition) is 4. The zero-order valence-electron chi connectivity index (χ0n) is 13.1. The van der Waals surface area contributed by atoms with E-state index in [0.717, 1.165) is 0 Å². The topological polar surface area (TPSA) is 48.7 Å². The molecule has 124 valence electrons. The SMILES string of the molecule is COC(=O)c1c(C)oc2ccc(OCc3c(Cl)cccc3Cl)cc12. The maximum atomic E-state index is 11.9. The summed E-state index contributed by atoms with van der Waals surface area (Å²) in [7, 11) is 1.33. The lowest BCUT2D eigenvalue weighted by Gasteiger charge is -2.09. The van der Waals surface area contributed by atoms with Crippen LogP contribution in [0.2, 0.25) is 10.0 Å². The molecule has 2 aromatic carbocycles. The molecule has 0 bridgehead atoms. The van der Waals surface area contributed by atoms with Gasteiger partial charge in [-0.2, -0.15) is 0 Å². The molecule has 0 fully saturated rings. The van der Waals surface area contributed by atoms with E-state index in [9.17, 15) is 4.79 Å². The summed E-state index contributed by atoms with van der Waals surface area (Å²) in [6.07, 6.45) is 0. The van der Waals surface area contributed by atoms with E-state index < -0.39 is 5.97 Å². The molecule has 0 radical (unpaired) electrons. The van der Waals surface area contributed by atoms with Crippen LogP contribution < -0.4 is 4.74 Å². The third kappa shape index (κ3) is 3.07. The quantitative estimate of drug-likeness (QED) is 0.580. The number of hydrogen-bond donors (Lipinski definition) is 0. The monoisotopic (exact) mass is 364 g/mol. The number of carbonyl (C=O) groups excluding carboxylic acids is 1. The van der Waals surface area contributed by atoms with E-state index in [4.69, 9.17) is 37.1 Å². The van der Waals surface area contributed by atoms with Gasteiger partial charge in [0.25, 0.3) is 0 Å². The van der Waals surface area contributed by atoms with Crippen LogP contribution >= 0.6 is 23.2 Å². The number of aryl methyl sites for hydroxylation is 1. The van der Waals surface area contributed by atoms with Crippen molar-refractivity contribution >= 4 is 40.1 Å². The third-order valence-corrected chi connectivity index (χ3v) is 4.38. The molecule has 0 aliphatic rings. The first-order valence-corrected chi connectivity index (χ1v) is 7.94. The average molecular weight is 365 g/mol. The fraction of sp³-hybridized carbons (Fsp3) is 0.167. The number of carbonyl (C=O) groups is 1. The summed E-state index contributed by atoms with van der Waals surface area (Å²) in [5.74, 6) is 0.630. The van der Waals surface area contributed by atoms with Crippen molar-refractivity contribution in [1.82, 2.24) is 0 Å². The zero-order chi connectivity index (χ0) is 17.3. The first-order chi connectivity index (χ1) is 11.5. The van der Waals surface area contributed by atoms with Gasteiger partial charge in [0.15, 0.2) is 0 Å². The minimum absolute atomic E-state index is 0.217. The highest BCUT2D eigenvalue weighted by Gasteiger charge is 2.19. The Morgan fingerprint density at radius 1 is 1.17 bits per heavy atom. The molecule has 3 aromatic rings. The van der Waals surface area contributed by atoms with Gasteiger partial charge in [-0.05, 0) is 37.3 Å². The van der Waals surface area contributed by atoms with Crippen LogP contribution in [0.5, 0.6) is 5.75 Å². The van der Waals surface area contributed by atoms with Gasteiger partial charge in [0.1, 0.15) is 29.3 Å². The number of fused-ring (bicyclic) bond motifs is 1. The molecule has 1 heterocycles. The molecular formula is C18H14Cl2O4. The number of benzene rings is 2. The van der Waals surface area contributed by atoms with Gasteiger partial charge in [-0.3, -0.25) is 0 Å². The lowest BCUT2D eigenvalue weighted by Crippen LogP contribution is -2.02. The molecule has 1 aromatic heterocycles. The minimum atomic E-state index is -0.447. The molecule has 0 spiro atoms. The number of ether oxygens (including phenoxy) is 2. The molecule has 0 saturated carbocycles. The third-order valence-electron chi connectivity index (χ3n) is 3.67. The maximum Gasteiger partial charge on any atom is 0.342 e. The summed E-state index contributed by atoms with van der Waals surface area (Å²) in [6, 6.07) is 10.5. The Bertz CT molecular complexity index is 895. The molecule has 0 amide bonds. The zero-order valence-corrected chi connectivity index (χ0v) is 14.6. The maximum absolute atomic E-state index is 11.9. The van der Waals surface area contributed by atoms with E-state index in [1.165, 1.54) is 7.11 Å². The molecule has 6 heteroatoms. The van der Waals surface area contributed by atoms with E-state index >= 15 is 0 Å².